The van der Waals surface area contributed by atoms with Crippen LogP contribution in [0, 0.1) is 5.92 Å². The van der Waals surface area contributed by atoms with E-state index in [2.05, 4.69) is 54.8 Å². The first kappa shape index (κ1) is 46.0. The number of allylic oxidation sites excluding steroid dienone is 8. The van der Waals surface area contributed by atoms with Gasteiger partial charge in [-0.25, -0.2) is 4.57 Å². The minimum absolute atomic E-state index is 0.177. The molecule has 3 N–H and O–H groups in total. The molecule has 0 aliphatic heterocycles. The Bertz CT molecular complexity index is 954. The molecular weight excluding hydrogens is 631 g/mol. The van der Waals surface area contributed by atoms with Gasteiger partial charge in [-0.2, -0.15) is 0 Å². The summed E-state index contributed by atoms with van der Waals surface area (Å²) in [7, 11) is -4.77. The first-order chi connectivity index (χ1) is 23.1. The van der Waals surface area contributed by atoms with Crippen LogP contribution in [0.4, 0.5) is 0 Å². The number of aliphatic hydroxyl groups is 1. The van der Waals surface area contributed by atoms with Crippen LogP contribution in [0.2, 0.25) is 0 Å². The van der Waals surface area contributed by atoms with Gasteiger partial charge in [0.1, 0.15) is 6.61 Å². The van der Waals surface area contributed by atoms with Crippen LogP contribution in [0.3, 0.4) is 0 Å². The molecule has 10 heteroatoms. The maximum atomic E-state index is 12.3. The summed E-state index contributed by atoms with van der Waals surface area (Å²) in [6.45, 7) is 5.64. The third kappa shape index (κ3) is 33.9. The second-order valence-electron chi connectivity index (χ2n) is 12.6. The Kier molecular flexibility index (Phi) is 30.8. The molecule has 0 bridgehead atoms. The highest BCUT2D eigenvalue weighted by atomic mass is 31.2. The number of esters is 2. The standard InChI is InChI=1S/C38H67O9P/c1-4-34(3)28-24-20-16-14-15-19-23-27-31-38(41)47-36(33-46-48(42,43)44)32-45-37(40)30-26-22-18-13-11-9-7-6-8-10-12-17-21-25-29-35(39)5-2/h7-10,13,17-18,21,34-36,39H,4-6,11-12,14-16,19-20,22-33H2,1-3H3,(H2,42,43,44)/b9-7-,10-8-,18-13-,21-17-/t34?,35-,36+/m0/s1. The summed E-state index contributed by atoms with van der Waals surface area (Å²) in [5, 5.41) is 9.52. The van der Waals surface area contributed by atoms with E-state index in [4.69, 9.17) is 19.3 Å². The minimum Gasteiger partial charge on any atom is -0.462 e. The van der Waals surface area contributed by atoms with Gasteiger partial charge in [0, 0.05) is 12.8 Å². The molecule has 0 saturated heterocycles. The predicted octanol–water partition coefficient (Wildman–Crippen LogP) is 9.61. The lowest BCUT2D eigenvalue weighted by molar-refractivity contribution is -0.161. The third-order valence-corrected chi connectivity index (χ3v) is 8.54. The quantitative estimate of drug-likeness (QED) is 0.0271. The topological polar surface area (TPSA) is 140 Å². The Hall–Kier alpha value is -2.03. The molecule has 0 aromatic heterocycles. The van der Waals surface area contributed by atoms with E-state index in [1.807, 2.05) is 19.1 Å². The summed E-state index contributed by atoms with van der Waals surface area (Å²) in [6.07, 6.45) is 33.6. The smallest absolute Gasteiger partial charge is 0.462 e. The number of carbonyl (C=O) groups excluding carboxylic acids is 2. The van der Waals surface area contributed by atoms with Crippen LogP contribution >= 0.6 is 7.82 Å². The lowest BCUT2D eigenvalue weighted by atomic mass is 9.99. The SMILES string of the molecule is CCC(C)CCCCCCCCCCC(=O)O[C@H](COC(=O)CCC/C=C\C/C=C\C/C=C\C/C=C\CC[C@@H](O)CC)COP(=O)(O)O. The average molecular weight is 699 g/mol. The van der Waals surface area contributed by atoms with E-state index in [0.29, 0.717) is 19.3 Å². The van der Waals surface area contributed by atoms with Gasteiger partial charge in [-0.1, -0.05) is 127 Å². The Labute approximate surface area is 291 Å². The molecule has 0 radical (unpaired) electrons. The molecule has 9 nitrogen and oxygen atoms in total. The highest BCUT2D eigenvalue weighted by molar-refractivity contribution is 7.46. The van der Waals surface area contributed by atoms with Gasteiger partial charge in [-0.15, -0.1) is 0 Å². The molecule has 0 aliphatic carbocycles. The van der Waals surface area contributed by atoms with Gasteiger partial charge in [0.25, 0.3) is 0 Å². The maximum absolute atomic E-state index is 12.3. The number of rotatable bonds is 32. The van der Waals surface area contributed by atoms with Crippen molar-refractivity contribution in [2.75, 3.05) is 13.2 Å². The Balaban J connectivity index is 4.11. The number of phosphoric acid groups is 1. The van der Waals surface area contributed by atoms with Crippen molar-refractivity contribution in [1.82, 2.24) is 0 Å². The summed E-state index contributed by atoms with van der Waals surface area (Å²) in [5.41, 5.74) is 0. The monoisotopic (exact) mass is 698 g/mol. The first-order valence-corrected chi connectivity index (χ1v) is 19.9. The van der Waals surface area contributed by atoms with Gasteiger partial charge in [-0.05, 0) is 63.7 Å². The van der Waals surface area contributed by atoms with E-state index in [1.165, 1.54) is 38.5 Å². The van der Waals surface area contributed by atoms with E-state index in [0.717, 1.165) is 63.7 Å². The van der Waals surface area contributed by atoms with Gasteiger partial charge in [-0.3, -0.25) is 14.1 Å². The van der Waals surface area contributed by atoms with Crippen molar-refractivity contribution >= 4 is 19.8 Å². The van der Waals surface area contributed by atoms with Crippen molar-refractivity contribution in [2.45, 2.75) is 161 Å². The molecule has 0 heterocycles. The second-order valence-corrected chi connectivity index (χ2v) is 13.8. The zero-order chi connectivity index (χ0) is 35.7. The molecule has 278 valence electrons. The highest BCUT2D eigenvalue weighted by Gasteiger charge is 2.22. The van der Waals surface area contributed by atoms with Crippen LogP contribution in [0.25, 0.3) is 0 Å². The summed E-state index contributed by atoms with van der Waals surface area (Å²) < 4.78 is 26.2. The Morgan fingerprint density at radius 3 is 1.73 bits per heavy atom. The molecule has 0 aromatic rings. The van der Waals surface area contributed by atoms with E-state index < -0.39 is 32.5 Å². The highest BCUT2D eigenvalue weighted by Crippen LogP contribution is 2.36. The first-order valence-electron chi connectivity index (χ1n) is 18.4. The molecule has 0 saturated carbocycles. The Morgan fingerprint density at radius 2 is 1.17 bits per heavy atom. The molecule has 0 spiro atoms. The van der Waals surface area contributed by atoms with E-state index in [1.54, 1.807) is 0 Å². The number of ether oxygens (including phenoxy) is 2. The van der Waals surface area contributed by atoms with Crippen LogP contribution in [0.1, 0.15) is 149 Å². The van der Waals surface area contributed by atoms with Crippen molar-refractivity contribution in [1.29, 1.82) is 0 Å². The van der Waals surface area contributed by atoms with Crippen molar-refractivity contribution < 1.29 is 43.0 Å². The molecule has 0 amide bonds. The number of aliphatic hydroxyl groups excluding tert-OH is 1. The van der Waals surface area contributed by atoms with E-state index in [9.17, 15) is 19.3 Å². The van der Waals surface area contributed by atoms with Crippen LogP contribution in [-0.4, -0.2) is 52.3 Å². The largest absolute Gasteiger partial charge is 0.469 e. The fourth-order valence-electron chi connectivity index (χ4n) is 4.73. The zero-order valence-corrected chi connectivity index (χ0v) is 31.0. The molecule has 3 atom stereocenters. The van der Waals surface area contributed by atoms with Crippen LogP contribution in [0.15, 0.2) is 48.6 Å². The van der Waals surface area contributed by atoms with Crippen LogP contribution in [0.5, 0.6) is 0 Å². The van der Waals surface area contributed by atoms with Gasteiger partial charge < -0.3 is 24.4 Å². The number of carbonyl (C=O) groups is 2. The third-order valence-electron chi connectivity index (χ3n) is 8.05. The summed E-state index contributed by atoms with van der Waals surface area (Å²) in [6, 6.07) is 0. The molecule has 0 rings (SSSR count). The summed E-state index contributed by atoms with van der Waals surface area (Å²) >= 11 is 0. The normalized spacial score (nSPS) is 14.4. The van der Waals surface area contributed by atoms with Crippen molar-refractivity contribution in [3.05, 3.63) is 48.6 Å². The van der Waals surface area contributed by atoms with Crippen LogP contribution < -0.4 is 0 Å². The van der Waals surface area contributed by atoms with Crippen LogP contribution in [-0.2, 0) is 28.2 Å². The van der Waals surface area contributed by atoms with E-state index >= 15 is 0 Å². The minimum atomic E-state index is -4.77. The predicted molar refractivity (Wildman–Crippen MR) is 194 cm³/mol. The lowest BCUT2D eigenvalue weighted by Crippen LogP contribution is -2.29. The van der Waals surface area contributed by atoms with Crippen molar-refractivity contribution in [3.8, 4) is 0 Å². The molecule has 48 heavy (non-hydrogen) atoms. The van der Waals surface area contributed by atoms with Gasteiger partial charge in [0.05, 0.1) is 12.7 Å². The number of hydrogen-bond acceptors (Lipinski definition) is 7. The van der Waals surface area contributed by atoms with E-state index in [-0.39, 0.29) is 25.6 Å². The second kappa shape index (κ2) is 32.2. The molecule has 0 fully saturated rings. The number of unbranched alkanes of at least 4 members (excludes halogenated alkanes) is 8. The maximum Gasteiger partial charge on any atom is 0.469 e. The summed E-state index contributed by atoms with van der Waals surface area (Å²) in [5.74, 6) is -0.161. The lowest BCUT2D eigenvalue weighted by Gasteiger charge is -2.18. The van der Waals surface area contributed by atoms with Gasteiger partial charge in [0.15, 0.2) is 6.10 Å². The van der Waals surface area contributed by atoms with Gasteiger partial charge >= 0.3 is 19.8 Å². The Morgan fingerprint density at radius 1 is 0.646 bits per heavy atom. The number of phosphoric ester groups is 1. The fraction of sp³-hybridized carbons (Fsp3) is 0.737. The van der Waals surface area contributed by atoms with Gasteiger partial charge in [0.2, 0.25) is 0 Å². The average Bonchev–Trinajstić information content (AvgIpc) is 3.05. The molecule has 0 aliphatic rings. The zero-order valence-electron chi connectivity index (χ0n) is 30.1. The summed E-state index contributed by atoms with van der Waals surface area (Å²) in [4.78, 5) is 42.6. The fourth-order valence-corrected chi connectivity index (χ4v) is 5.09. The molecular formula is C38H67O9P. The number of hydrogen-bond donors (Lipinski definition) is 3. The molecule has 1 unspecified atom stereocenters. The van der Waals surface area contributed by atoms with Crippen molar-refractivity contribution in [2.24, 2.45) is 5.92 Å². The van der Waals surface area contributed by atoms with Crippen molar-refractivity contribution in [3.63, 3.8) is 0 Å². The molecule has 0 aromatic carbocycles.